The van der Waals surface area contributed by atoms with Crippen molar-refractivity contribution in [1.29, 1.82) is 0 Å². The lowest BCUT2D eigenvalue weighted by molar-refractivity contribution is 0.113. The number of nitrogens with zero attached hydrogens (tertiary/aromatic N) is 5. The van der Waals surface area contributed by atoms with Crippen LogP contribution in [0, 0.1) is 6.92 Å². The molecule has 176 valence electrons. The maximum absolute atomic E-state index is 5.81. The van der Waals surface area contributed by atoms with Gasteiger partial charge in [0.05, 0.1) is 12.7 Å². The summed E-state index contributed by atoms with van der Waals surface area (Å²) in [5.41, 5.74) is 2.70. The van der Waals surface area contributed by atoms with Gasteiger partial charge in [0, 0.05) is 33.3 Å². The number of aromatic nitrogens is 3. The Morgan fingerprint density at radius 1 is 1.31 bits per heavy atom. The maximum atomic E-state index is 5.81. The zero-order chi connectivity index (χ0) is 21.6. The van der Waals surface area contributed by atoms with Crippen LogP contribution in [0.5, 0.6) is 5.75 Å². The molecule has 2 aromatic rings. The van der Waals surface area contributed by atoms with E-state index in [9.17, 15) is 0 Å². The van der Waals surface area contributed by atoms with E-state index in [1.807, 2.05) is 18.5 Å². The molecule has 2 aliphatic heterocycles. The lowest BCUT2D eigenvalue weighted by atomic mass is 9.99. The van der Waals surface area contributed by atoms with Crippen LogP contribution in [-0.4, -0.2) is 58.0 Å². The molecule has 0 bridgehead atoms. The Morgan fingerprint density at radius 3 is 2.91 bits per heavy atom. The molecule has 0 saturated carbocycles. The van der Waals surface area contributed by atoms with Crippen LogP contribution in [0.1, 0.15) is 49.0 Å². The predicted octanol–water partition coefficient (Wildman–Crippen LogP) is 3.21. The van der Waals surface area contributed by atoms with Crippen molar-refractivity contribution in [3.63, 3.8) is 0 Å². The summed E-state index contributed by atoms with van der Waals surface area (Å²) < 4.78 is 13.6. The van der Waals surface area contributed by atoms with E-state index in [1.165, 1.54) is 11.1 Å². The lowest BCUT2D eigenvalue weighted by Crippen LogP contribution is -2.46. The maximum Gasteiger partial charge on any atom is 0.194 e. The van der Waals surface area contributed by atoms with E-state index in [1.54, 1.807) is 0 Å². The number of hydrogen-bond acceptors (Lipinski definition) is 5. The average molecular weight is 554 g/mol. The van der Waals surface area contributed by atoms with Gasteiger partial charge >= 0.3 is 0 Å². The SMILES string of the molecule is CCCOc1ccc2c(c1)CCN(C(=NCc1nnc(C)n1C)NCC1CCCO1)C2.I. The van der Waals surface area contributed by atoms with Gasteiger partial charge in [-0.25, -0.2) is 4.99 Å². The quantitative estimate of drug-likeness (QED) is 0.322. The monoisotopic (exact) mass is 554 g/mol. The summed E-state index contributed by atoms with van der Waals surface area (Å²) in [5.74, 6) is 3.64. The van der Waals surface area contributed by atoms with Crippen LogP contribution in [0.3, 0.4) is 0 Å². The van der Waals surface area contributed by atoms with Crippen molar-refractivity contribution in [2.24, 2.45) is 12.0 Å². The number of nitrogens with one attached hydrogen (secondary N) is 1. The number of halogens is 1. The van der Waals surface area contributed by atoms with Crippen LogP contribution < -0.4 is 10.1 Å². The molecule has 0 spiro atoms. The number of ether oxygens (including phenoxy) is 2. The lowest BCUT2D eigenvalue weighted by Gasteiger charge is -2.32. The first-order chi connectivity index (χ1) is 15.1. The van der Waals surface area contributed by atoms with Crippen LogP contribution in [0.4, 0.5) is 0 Å². The van der Waals surface area contributed by atoms with Gasteiger partial charge in [-0.05, 0) is 55.9 Å². The van der Waals surface area contributed by atoms with Crippen molar-refractivity contribution < 1.29 is 9.47 Å². The minimum atomic E-state index is 0. The highest BCUT2D eigenvalue weighted by Crippen LogP contribution is 2.24. The summed E-state index contributed by atoms with van der Waals surface area (Å²) >= 11 is 0. The van der Waals surface area contributed by atoms with Gasteiger partial charge in [0.2, 0.25) is 0 Å². The highest BCUT2D eigenvalue weighted by molar-refractivity contribution is 14.0. The molecular weight excluding hydrogens is 519 g/mol. The molecule has 1 unspecified atom stereocenters. The molecule has 3 heterocycles. The molecule has 1 aromatic heterocycles. The number of hydrogen-bond donors (Lipinski definition) is 1. The summed E-state index contributed by atoms with van der Waals surface area (Å²) in [7, 11) is 1.98. The largest absolute Gasteiger partial charge is 0.494 e. The fourth-order valence-electron chi connectivity index (χ4n) is 4.03. The summed E-state index contributed by atoms with van der Waals surface area (Å²) in [6.45, 7) is 8.73. The number of aryl methyl sites for hydroxylation is 1. The van der Waals surface area contributed by atoms with E-state index in [0.717, 1.165) is 81.9 Å². The number of fused-ring (bicyclic) bond motifs is 1. The van der Waals surface area contributed by atoms with Gasteiger partial charge in [-0.2, -0.15) is 0 Å². The van der Waals surface area contributed by atoms with Crippen molar-refractivity contribution in [1.82, 2.24) is 25.0 Å². The first-order valence-corrected chi connectivity index (χ1v) is 11.4. The van der Waals surface area contributed by atoms with Gasteiger partial charge in [0.1, 0.15) is 18.1 Å². The molecule has 1 saturated heterocycles. The minimum Gasteiger partial charge on any atom is -0.494 e. The molecule has 32 heavy (non-hydrogen) atoms. The van der Waals surface area contributed by atoms with Gasteiger partial charge in [0.15, 0.2) is 11.8 Å². The molecule has 2 aliphatic rings. The summed E-state index contributed by atoms with van der Waals surface area (Å²) in [4.78, 5) is 7.24. The Morgan fingerprint density at radius 2 is 2.19 bits per heavy atom. The van der Waals surface area contributed by atoms with Gasteiger partial charge in [-0.3, -0.25) is 0 Å². The molecule has 4 rings (SSSR count). The molecule has 0 amide bonds. The van der Waals surface area contributed by atoms with Crippen molar-refractivity contribution in [2.75, 3.05) is 26.3 Å². The van der Waals surface area contributed by atoms with Crippen LogP contribution in [0.2, 0.25) is 0 Å². The van der Waals surface area contributed by atoms with Crippen molar-refractivity contribution in [3.05, 3.63) is 41.0 Å². The van der Waals surface area contributed by atoms with E-state index in [2.05, 4.69) is 45.5 Å². The van der Waals surface area contributed by atoms with Crippen LogP contribution in [0.15, 0.2) is 23.2 Å². The fraction of sp³-hybridized carbons (Fsp3) is 0.609. The van der Waals surface area contributed by atoms with Gasteiger partial charge in [-0.15, -0.1) is 34.2 Å². The number of guanidine groups is 1. The van der Waals surface area contributed by atoms with Crippen molar-refractivity contribution >= 4 is 29.9 Å². The van der Waals surface area contributed by atoms with E-state index in [0.29, 0.717) is 6.54 Å². The first-order valence-electron chi connectivity index (χ1n) is 11.4. The van der Waals surface area contributed by atoms with E-state index in [-0.39, 0.29) is 30.1 Å². The Bertz CT molecular complexity index is 910. The molecule has 1 atom stereocenters. The van der Waals surface area contributed by atoms with E-state index < -0.39 is 0 Å². The average Bonchev–Trinajstić information content (AvgIpc) is 3.42. The zero-order valence-corrected chi connectivity index (χ0v) is 21.7. The second-order valence-corrected chi connectivity index (χ2v) is 8.33. The third-order valence-corrected chi connectivity index (χ3v) is 6.03. The predicted molar refractivity (Wildman–Crippen MR) is 136 cm³/mol. The summed E-state index contributed by atoms with van der Waals surface area (Å²) in [6.07, 6.45) is 4.49. The number of rotatable bonds is 7. The Balaban J connectivity index is 0.00000289. The van der Waals surface area contributed by atoms with E-state index in [4.69, 9.17) is 14.5 Å². The van der Waals surface area contributed by atoms with Crippen molar-refractivity contribution in [3.8, 4) is 5.75 Å². The third kappa shape index (κ3) is 6.12. The Kier molecular flexibility index (Phi) is 9.15. The highest BCUT2D eigenvalue weighted by atomic mass is 127. The van der Waals surface area contributed by atoms with Crippen LogP contribution >= 0.6 is 24.0 Å². The second-order valence-electron chi connectivity index (χ2n) is 8.33. The molecule has 0 aliphatic carbocycles. The van der Waals surface area contributed by atoms with Gasteiger partial charge in [0.25, 0.3) is 0 Å². The molecule has 1 aromatic carbocycles. The number of aliphatic imine (C=N–C) groups is 1. The fourth-order valence-corrected chi connectivity index (χ4v) is 4.03. The molecule has 9 heteroatoms. The minimum absolute atomic E-state index is 0. The topological polar surface area (TPSA) is 76.8 Å². The van der Waals surface area contributed by atoms with Crippen molar-refractivity contribution in [2.45, 2.75) is 58.7 Å². The smallest absolute Gasteiger partial charge is 0.194 e. The van der Waals surface area contributed by atoms with Gasteiger partial charge < -0.3 is 24.3 Å². The normalized spacial score (nSPS) is 18.3. The molecule has 8 nitrogen and oxygen atoms in total. The van der Waals surface area contributed by atoms with Gasteiger partial charge in [-0.1, -0.05) is 13.0 Å². The molecular formula is C23H35IN6O2. The molecule has 1 N–H and O–H groups in total. The van der Waals surface area contributed by atoms with E-state index >= 15 is 0 Å². The number of benzene rings is 1. The summed E-state index contributed by atoms with van der Waals surface area (Å²) in [6, 6.07) is 6.47. The standard InChI is InChI=1S/C23H34N6O2.HI/c1-4-11-30-20-8-7-19-16-29(10-9-18(19)13-20)23(24-14-21-6-5-12-31-21)25-15-22-27-26-17(2)28(22)3;/h7-8,13,21H,4-6,9-12,14-16H2,1-3H3,(H,24,25);1H. The van der Waals surface area contributed by atoms with Crippen LogP contribution in [-0.2, 0) is 31.3 Å². The molecule has 1 fully saturated rings. The highest BCUT2D eigenvalue weighted by Gasteiger charge is 2.22. The molecule has 0 radical (unpaired) electrons. The third-order valence-electron chi connectivity index (χ3n) is 6.03. The Labute approximate surface area is 207 Å². The first kappa shape index (κ1) is 24.8. The zero-order valence-electron chi connectivity index (χ0n) is 19.3. The second kappa shape index (κ2) is 11.8. The summed E-state index contributed by atoms with van der Waals surface area (Å²) in [5, 5.41) is 12.0. The Hall–Kier alpha value is -1.88. The van der Waals surface area contributed by atoms with Crippen LogP contribution in [0.25, 0.3) is 0 Å².